The molecule has 2 aromatic heterocycles. The second kappa shape index (κ2) is 2.83. The predicted molar refractivity (Wildman–Crippen MR) is 55.4 cm³/mol. The molecule has 4 nitrogen and oxygen atoms in total. The van der Waals surface area contributed by atoms with E-state index < -0.39 is 0 Å². The molecule has 0 bridgehead atoms. The molecule has 0 amide bonds. The van der Waals surface area contributed by atoms with Crippen LogP contribution in [0.4, 0.5) is 0 Å². The SMILES string of the molecule is CCc1nnc2cc(C(C)(C)C)[nH]n12. The summed E-state index contributed by atoms with van der Waals surface area (Å²) in [5, 5.41) is 11.5. The topological polar surface area (TPSA) is 46.0 Å². The summed E-state index contributed by atoms with van der Waals surface area (Å²) in [6.07, 6.45) is 0.894. The molecule has 0 spiro atoms. The number of H-pyrrole nitrogens is 1. The molecule has 0 radical (unpaired) electrons. The van der Waals surface area contributed by atoms with Crippen LogP contribution < -0.4 is 0 Å². The minimum Gasteiger partial charge on any atom is -0.295 e. The summed E-state index contributed by atoms with van der Waals surface area (Å²) in [4.78, 5) is 0. The fourth-order valence-electron chi connectivity index (χ4n) is 1.44. The summed E-state index contributed by atoms with van der Waals surface area (Å²) in [5.41, 5.74) is 2.23. The first-order valence-electron chi connectivity index (χ1n) is 4.96. The summed E-state index contributed by atoms with van der Waals surface area (Å²) < 4.78 is 1.96. The molecule has 14 heavy (non-hydrogen) atoms. The van der Waals surface area contributed by atoms with Crippen molar-refractivity contribution in [3.8, 4) is 0 Å². The van der Waals surface area contributed by atoms with Gasteiger partial charge in [-0.05, 0) is 0 Å². The van der Waals surface area contributed by atoms with Crippen molar-refractivity contribution in [3.05, 3.63) is 17.6 Å². The van der Waals surface area contributed by atoms with Crippen LogP contribution in [-0.2, 0) is 11.8 Å². The smallest absolute Gasteiger partial charge is 0.177 e. The number of nitrogens with one attached hydrogen (secondary N) is 1. The normalized spacial score (nSPS) is 12.6. The predicted octanol–water partition coefficient (Wildman–Crippen LogP) is 1.92. The average Bonchev–Trinajstić information content (AvgIpc) is 2.58. The average molecular weight is 192 g/mol. The van der Waals surface area contributed by atoms with Crippen LogP contribution in [0.1, 0.15) is 39.2 Å². The molecule has 2 heterocycles. The first-order valence-corrected chi connectivity index (χ1v) is 4.96. The third-order valence-corrected chi connectivity index (χ3v) is 2.39. The second-order valence-electron chi connectivity index (χ2n) is 4.58. The van der Waals surface area contributed by atoms with Crippen LogP contribution >= 0.6 is 0 Å². The number of aromatic nitrogens is 4. The Morgan fingerprint density at radius 1 is 1.36 bits per heavy atom. The summed E-state index contributed by atoms with van der Waals surface area (Å²) in [6, 6.07) is 2.06. The van der Waals surface area contributed by atoms with E-state index >= 15 is 0 Å². The fraction of sp³-hybridized carbons (Fsp3) is 0.600. The van der Waals surface area contributed by atoms with Gasteiger partial charge in [0.25, 0.3) is 0 Å². The van der Waals surface area contributed by atoms with Gasteiger partial charge in [-0.1, -0.05) is 27.7 Å². The monoisotopic (exact) mass is 192 g/mol. The van der Waals surface area contributed by atoms with Crippen LogP contribution in [-0.4, -0.2) is 19.8 Å². The van der Waals surface area contributed by atoms with Crippen LogP contribution in [0.25, 0.3) is 5.65 Å². The lowest BCUT2D eigenvalue weighted by molar-refractivity contribution is 0.560. The molecular formula is C10H16N4. The molecule has 4 heteroatoms. The molecular weight excluding hydrogens is 176 g/mol. The molecule has 0 aliphatic rings. The van der Waals surface area contributed by atoms with E-state index in [1.807, 2.05) is 4.52 Å². The molecule has 1 N–H and O–H groups in total. The van der Waals surface area contributed by atoms with E-state index in [2.05, 4.69) is 49.1 Å². The Morgan fingerprint density at radius 2 is 2.07 bits per heavy atom. The summed E-state index contributed by atoms with van der Waals surface area (Å²) in [5.74, 6) is 0.982. The van der Waals surface area contributed by atoms with Crippen molar-refractivity contribution in [2.75, 3.05) is 0 Å². The van der Waals surface area contributed by atoms with E-state index in [0.29, 0.717) is 0 Å². The zero-order valence-corrected chi connectivity index (χ0v) is 9.13. The van der Waals surface area contributed by atoms with E-state index in [-0.39, 0.29) is 5.41 Å². The molecule has 0 atom stereocenters. The Bertz CT molecular complexity index is 444. The Balaban J connectivity index is 2.58. The minimum atomic E-state index is 0.131. The van der Waals surface area contributed by atoms with Crippen LogP contribution in [0.5, 0.6) is 0 Å². The number of aryl methyl sites for hydroxylation is 1. The Labute approximate surface area is 83.3 Å². The number of rotatable bonds is 1. The molecule has 76 valence electrons. The van der Waals surface area contributed by atoms with Crippen molar-refractivity contribution in [1.82, 2.24) is 19.8 Å². The number of aromatic amines is 1. The van der Waals surface area contributed by atoms with Crippen molar-refractivity contribution >= 4 is 5.65 Å². The zero-order valence-electron chi connectivity index (χ0n) is 9.13. The molecule has 0 aromatic carbocycles. The van der Waals surface area contributed by atoms with Gasteiger partial charge in [-0.3, -0.25) is 5.10 Å². The highest BCUT2D eigenvalue weighted by Gasteiger charge is 2.18. The van der Waals surface area contributed by atoms with Crippen molar-refractivity contribution in [2.24, 2.45) is 0 Å². The van der Waals surface area contributed by atoms with Gasteiger partial charge in [-0.25, -0.2) is 4.52 Å². The van der Waals surface area contributed by atoms with Gasteiger partial charge in [0.15, 0.2) is 11.5 Å². The fourth-order valence-corrected chi connectivity index (χ4v) is 1.44. The van der Waals surface area contributed by atoms with Gasteiger partial charge in [0.05, 0.1) is 0 Å². The van der Waals surface area contributed by atoms with E-state index in [0.717, 1.165) is 17.9 Å². The molecule has 0 aliphatic heterocycles. The van der Waals surface area contributed by atoms with E-state index in [4.69, 9.17) is 0 Å². The first kappa shape index (κ1) is 9.24. The van der Waals surface area contributed by atoms with Gasteiger partial charge in [0.2, 0.25) is 0 Å². The second-order valence-corrected chi connectivity index (χ2v) is 4.58. The van der Waals surface area contributed by atoms with Gasteiger partial charge in [-0.15, -0.1) is 10.2 Å². The number of fused-ring (bicyclic) bond motifs is 1. The number of hydrogen-bond acceptors (Lipinski definition) is 2. The minimum absolute atomic E-state index is 0.131. The van der Waals surface area contributed by atoms with Gasteiger partial charge >= 0.3 is 0 Å². The summed E-state index contributed by atoms with van der Waals surface area (Å²) >= 11 is 0. The number of hydrogen-bond donors (Lipinski definition) is 1. The molecule has 0 unspecified atom stereocenters. The van der Waals surface area contributed by atoms with Gasteiger partial charge in [0.1, 0.15) is 0 Å². The lowest BCUT2D eigenvalue weighted by atomic mass is 9.93. The highest BCUT2D eigenvalue weighted by atomic mass is 15.4. The third kappa shape index (κ3) is 1.31. The maximum absolute atomic E-state index is 4.11. The molecule has 2 rings (SSSR count). The highest BCUT2D eigenvalue weighted by molar-refractivity contribution is 5.40. The van der Waals surface area contributed by atoms with Crippen LogP contribution in [0.3, 0.4) is 0 Å². The lowest BCUT2D eigenvalue weighted by Crippen LogP contribution is -2.12. The largest absolute Gasteiger partial charge is 0.295 e. The van der Waals surface area contributed by atoms with Gasteiger partial charge < -0.3 is 0 Å². The standard InChI is InChI=1S/C10H16N4/c1-5-8-11-12-9-6-7(10(2,3)4)13-14(8)9/h6,13H,5H2,1-4H3. The molecule has 0 saturated heterocycles. The molecule has 0 aliphatic carbocycles. The van der Waals surface area contributed by atoms with Crippen LogP contribution in [0, 0.1) is 0 Å². The summed E-state index contributed by atoms with van der Waals surface area (Å²) in [6.45, 7) is 8.61. The Hall–Kier alpha value is -1.32. The van der Waals surface area contributed by atoms with Crippen molar-refractivity contribution in [3.63, 3.8) is 0 Å². The third-order valence-electron chi connectivity index (χ3n) is 2.39. The Morgan fingerprint density at radius 3 is 2.64 bits per heavy atom. The Kier molecular flexibility index (Phi) is 1.87. The lowest BCUT2D eigenvalue weighted by Gasteiger charge is -2.15. The quantitative estimate of drug-likeness (QED) is 0.750. The number of nitrogens with zero attached hydrogens (tertiary/aromatic N) is 3. The molecule has 0 saturated carbocycles. The maximum Gasteiger partial charge on any atom is 0.177 e. The van der Waals surface area contributed by atoms with E-state index in [1.165, 1.54) is 5.69 Å². The maximum atomic E-state index is 4.11. The van der Waals surface area contributed by atoms with Crippen molar-refractivity contribution in [2.45, 2.75) is 39.5 Å². The molecule has 0 fully saturated rings. The molecule has 2 aromatic rings. The van der Waals surface area contributed by atoms with Gasteiger partial charge in [-0.2, -0.15) is 0 Å². The van der Waals surface area contributed by atoms with E-state index in [9.17, 15) is 0 Å². The van der Waals surface area contributed by atoms with Crippen molar-refractivity contribution in [1.29, 1.82) is 0 Å². The van der Waals surface area contributed by atoms with Gasteiger partial charge in [0, 0.05) is 23.6 Å². The highest BCUT2D eigenvalue weighted by Crippen LogP contribution is 2.21. The van der Waals surface area contributed by atoms with Crippen LogP contribution in [0.2, 0.25) is 0 Å². The van der Waals surface area contributed by atoms with E-state index in [1.54, 1.807) is 0 Å². The summed E-state index contributed by atoms with van der Waals surface area (Å²) in [7, 11) is 0. The first-order chi connectivity index (χ1) is 6.52. The van der Waals surface area contributed by atoms with Crippen LogP contribution in [0.15, 0.2) is 6.07 Å². The van der Waals surface area contributed by atoms with Crippen molar-refractivity contribution < 1.29 is 0 Å². The zero-order chi connectivity index (χ0) is 10.3.